The summed E-state index contributed by atoms with van der Waals surface area (Å²) in [6.07, 6.45) is 0. The number of benzene rings is 1. The van der Waals surface area contributed by atoms with Crippen LogP contribution in [0.3, 0.4) is 0 Å². The molecule has 3 rings (SSSR count). The van der Waals surface area contributed by atoms with E-state index in [0.717, 1.165) is 11.6 Å². The minimum absolute atomic E-state index is 0. The van der Waals surface area contributed by atoms with Crippen LogP contribution in [0.1, 0.15) is 16.6 Å². The van der Waals surface area contributed by atoms with E-state index < -0.39 is 11.6 Å². The Morgan fingerprint density at radius 3 is 2.86 bits per heavy atom. The maximum atomic E-state index is 13.9. The highest BCUT2D eigenvalue weighted by Gasteiger charge is 2.20. The lowest BCUT2D eigenvalue weighted by molar-refractivity contribution is 0.0768. The topological polar surface area (TPSA) is 34.1 Å². The van der Waals surface area contributed by atoms with Gasteiger partial charge in [-0.05, 0) is 24.6 Å². The number of aromatic nitrogens is 1. The summed E-state index contributed by atoms with van der Waals surface area (Å²) in [5.41, 5.74) is 0.963. The van der Waals surface area contributed by atoms with Gasteiger partial charge in [-0.25, -0.2) is 13.8 Å². The highest BCUT2D eigenvalue weighted by atomic mass is 35.5. The molecule has 1 aromatic carbocycles. The Morgan fingerprint density at radius 1 is 1.33 bits per heavy atom. The van der Waals surface area contributed by atoms with Crippen LogP contribution in [0.4, 0.5) is 8.78 Å². The van der Waals surface area contributed by atoms with E-state index in [0.29, 0.717) is 24.5 Å². The first-order valence-electron chi connectivity index (χ1n) is 6.37. The van der Waals surface area contributed by atoms with E-state index in [9.17, 15) is 8.78 Å². The Hall–Kier alpha value is -1.08. The lowest BCUT2D eigenvalue weighted by atomic mass is 10.1. The summed E-state index contributed by atoms with van der Waals surface area (Å²) >= 11 is 1.43. The van der Waals surface area contributed by atoms with Crippen molar-refractivity contribution in [2.45, 2.75) is 13.0 Å². The third kappa shape index (κ3) is 3.40. The standard InChI is InChI=1S/C14H14F2N2OS.ClH/c1-8-4-11(16)9(5-10(8)15)13-7-20-14(18-13)12-6-19-3-2-17-12;/h4-5,7,12,17H,2-3,6H2,1H3;1H. The van der Waals surface area contributed by atoms with Crippen LogP contribution in [0.5, 0.6) is 0 Å². The molecule has 0 spiro atoms. The summed E-state index contributed by atoms with van der Waals surface area (Å²) < 4.78 is 32.9. The molecule has 1 N–H and O–H groups in total. The zero-order chi connectivity index (χ0) is 14.1. The van der Waals surface area contributed by atoms with Gasteiger partial charge in [0.2, 0.25) is 0 Å². The van der Waals surface area contributed by atoms with Gasteiger partial charge in [-0.1, -0.05) is 0 Å². The number of hydrogen-bond acceptors (Lipinski definition) is 4. The minimum atomic E-state index is -0.450. The molecule has 114 valence electrons. The van der Waals surface area contributed by atoms with Crippen LogP contribution < -0.4 is 5.32 Å². The largest absolute Gasteiger partial charge is 0.378 e. The van der Waals surface area contributed by atoms with Gasteiger partial charge in [-0.15, -0.1) is 23.7 Å². The normalized spacial score (nSPS) is 18.3. The van der Waals surface area contributed by atoms with Gasteiger partial charge in [0.1, 0.15) is 16.6 Å². The fraction of sp³-hybridized carbons (Fsp3) is 0.357. The first-order valence-corrected chi connectivity index (χ1v) is 7.25. The molecule has 1 aliphatic heterocycles. The molecule has 3 nitrogen and oxygen atoms in total. The van der Waals surface area contributed by atoms with Gasteiger partial charge in [-0.2, -0.15) is 0 Å². The quantitative estimate of drug-likeness (QED) is 0.914. The van der Waals surface area contributed by atoms with Gasteiger partial charge in [-0.3, -0.25) is 0 Å². The Bertz CT molecular complexity index is 629. The SMILES string of the molecule is Cc1cc(F)c(-c2csc(C3COCCN3)n2)cc1F.Cl. The van der Waals surface area contributed by atoms with E-state index in [4.69, 9.17) is 4.74 Å². The molecular weight excluding hydrogens is 318 g/mol. The van der Waals surface area contributed by atoms with E-state index in [1.165, 1.54) is 30.4 Å². The Balaban J connectivity index is 0.00000161. The number of aryl methyl sites for hydroxylation is 1. The van der Waals surface area contributed by atoms with Crippen molar-refractivity contribution in [3.05, 3.63) is 39.7 Å². The summed E-state index contributed by atoms with van der Waals surface area (Å²) in [5.74, 6) is -0.872. The zero-order valence-electron chi connectivity index (χ0n) is 11.4. The molecule has 21 heavy (non-hydrogen) atoms. The molecule has 0 aliphatic carbocycles. The molecule has 1 unspecified atom stereocenters. The highest BCUT2D eigenvalue weighted by molar-refractivity contribution is 7.10. The first kappa shape index (κ1) is 16.3. The van der Waals surface area contributed by atoms with Crippen LogP contribution in [-0.4, -0.2) is 24.7 Å². The molecule has 0 amide bonds. The second-order valence-electron chi connectivity index (χ2n) is 4.73. The molecule has 7 heteroatoms. The molecule has 1 aromatic heterocycles. The number of ether oxygens (including phenoxy) is 1. The lowest BCUT2D eigenvalue weighted by Crippen LogP contribution is -2.34. The second-order valence-corrected chi connectivity index (χ2v) is 5.62. The Morgan fingerprint density at radius 2 is 2.14 bits per heavy atom. The van der Waals surface area contributed by atoms with Crippen LogP contribution in [0.25, 0.3) is 11.3 Å². The van der Waals surface area contributed by atoms with Gasteiger partial charge in [0.15, 0.2) is 0 Å². The third-order valence-corrected chi connectivity index (χ3v) is 4.22. The molecule has 1 fully saturated rings. The highest BCUT2D eigenvalue weighted by Crippen LogP contribution is 2.29. The Kier molecular flexibility index (Phi) is 5.27. The number of rotatable bonds is 2. The van der Waals surface area contributed by atoms with E-state index in [2.05, 4.69) is 10.3 Å². The lowest BCUT2D eigenvalue weighted by Gasteiger charge is -2.21. The summed E-state index contributed by atoms with van der Waals surface area (Å²) in [6.45, 7) is 3.55. The van der Waals surface area contributed by atoms with E-state index >= 15 is 0 Å². The average molecular weight is 333 g/mol. The Labute approximate surface area is 131 Å². The summed E-state index contributed by atoms with van der Waals surface area (Å²) in [7, 11) is 0. The van der Waals surface area contributed by atoms with Gasteiger partial charge in [0.25, 0.3) is 0 Å². The number of hydrogen-bond donors (Lipinski definition) is 1. The van der Waals surface area contributed by atoms with Crippen LogP contribution in [0, 0.1) is 18.6 Å². The summed E-state index contributed by atoms with van der Waals surface area (Å²) in [4.78, 5) is 4.41. The van der Waals surface area contributed by atoms with Crippen molar-refractivity contribution < 1.29 is 13.5 Å². The number of nitrogens with one attached hydrogen (secondary N) is 1. The molecule has 1 saturated heterocycles. The monoisotopic (exact) mass is 332 g/mol. The van der Waals surface area contributed by atoms with Crippen molar-refractivity contribution in [1.29, 1.82) is 0 Å². The molecule has 0 saturated carbocycles. The van der Waals surface area contributed by atoms with Crippen LogP contribution in [0.15, 0.2) is 17.5 Å². The average Bonchev–Trinajstić information content (AvgIpc) is 2.93. The molecule has 1 aliphatic rings. The van der Waals surface area contributed by atoms with Crippen molar-refractivity contribution in [2.75, 3.05) is 19.8 Å². The zero-order valence-corrected chi connectivity index (χ0v) is 13.0. The summed E-state index contributed by atoms with van der Waals surface area (Å²) in [5, 5.41) is 5.87. The third-order valence-electron chi connectivity index (χ3n) is 3.27. The van der Waals surface area contributed by atoms with E-state index in [-0.39, 0.29) is 24.0 Å². The predicted molar refractivity (Wildman–Crippen MR) is 81.0 cm³/mol. The number of nitrogens with zero attached hydrogens (tertiary/aromatic N) is 1. The van der Waals surface area contributed by atoms with Gasteiger partial charge in [0, 0.05) is 17.5 Å². The van der Waals surface area contributed by atoms with Crippen molar-refractivity contribution in [3.8, 4) is 11.3 Å². The van der Waals surface area contributed by atoms with Crippen molar-refractivity contribution in [3.63, 3.8) is 0 Å². The van der Waals surface area contributed by atoms with Crippen molar-refractivity contribution in [1.82, 2.24) is 10.3 Å². The first-order chi connectivity index (χ1) is 9.65. The molecule has 0 radical (unpaired) electrons. The fourth-order valence-electron chi connectivity index (χ4n) is 2.14. The van der Waals surface area contributed by atoms with Crippen molar-refractivity contribution >= 4 is 23.7 Å². The predicted octanol–water partition coefficient (Wildman–Crippen LogP) is 3.48. The van der Waals surface area contributed by atoms with E-state index in [1.54, 1.807) is 5.38 Å². The second kappa shape index (κ2) is 6.79. The van der Waals surface area contributed by atoms with Crippen LogP contribution >= 0.6 is 23.7 Å². The van der Waals surface area contributed by atoms with E-state index in [1.807, 2.05) is 0 Å². The fourth-order valence-corrected chi connectivity index (χ4v) is 3.02. The number of thiazole rings is 1. The minimum Gasteiger partial charge on any atom is -0.378 e. The maximum Gasteiger partial charge on any atom is 0.133 e. The van der Waals surface area contributed by atoms with Gasteiger partial charge >= 0.3 is 0 Å². The van der Waals surface area contributed by atoms with Crippen LogP contribution in [-0.2, 0) is 4.74 Å². The smallest absolute Gasteiger partial charge is 0.133 e. The van der Waals surface area contributed by atoms with Gasteiger partial charge in [0.05, 0.1) is 24.9 Å². The molecule has 0 bridgehead atoms. The molecule has 2 heterocycles. The molecule has 2 aromatic rings. The maximum absolute atomic E-state index is 13.9. The molecular formula is C14H15ClF2N2OS. The van der Waals surface area contributed by atoms with Gasteiger partial charge < -0.3 is 10.1 Å². The van der Waals surface area contributed by atoms with Crippen LogP contribution in [0.2, 0.25) is 0 Å². The number of morpholine rings is 1. The number of halogens is 3. The summed E-state index contributed by atoms with van der Waals surface area (Å²) in [6, 6.07) is 2.43. The van der Waals surface area contributed by atoms with Crippen molar-refractivity contribution in [2.24, 2.45) is 0 Å². The molecule has 1 atom stereocenters.